The van der Waals surface area contributed by atoms with Gasteiger partial charge in [0.2, 0.25) is 5.91 Å². The molecule has 0 aromatic heterocycles. The largest absolute Gasteiger partial charge is 0.392 e. The van der Waals surface area contributed by atoms with E-state index in [1.807, 2.05) is 38.1 Å². The monoisotopic (exact) mass is 263 g/mol. The topological polar surface area (TPSA) is 49.3 Å². The van der Waals surface area contributed by atoms with E-state index in [4.69, 9.17) is 0 Å². The second-order valence-corrected chi connectivity index (χ2v) is 6.09. The van der Waals surface area contributed by atoms with Crippen LogP contribution in [0.1, 0.15) is 45.2 Å². The molecule has 0 spiro atoms. The van der Waals surface area contributed by atoms with Gasteiger partial charge in [-0.1, -0.05) is 52.0 Å². The first-order valence-electron chi connectivity index (χ1n) is 6.82. The van der Waals surface area contributed by atoms with Gasteiger partial charge in [-0.25, -0.2) is 0 Å². The molecule has 3 nitrogen and oxygen atoms in total. The molecular formula is C16H25NO2. The van der Waals surface area contributed by atoms with Gasteiger partial charge in [-0.3, -0.25) is 4.79 Å². The number of hydrogen-bond donors (Lipinski definition) is 2. The minimum atomic E-state index is -0.359. The van der Waals surface area contributed by atoms with Crippen molar-refractivity contribution in [1.82, 2.24) is 5.32 Å². The summed E-state index contributed by atoms with van der Waals surface area (Å²) in [5, 5.41) is 12.2. The third-order valence-electron chi connectivity index (χ3n) is 3.26. The van der Waals surface area contributed by atoms with E-state index in [0.717, 1.165) is 17.5 Å². The zero-order chi connectivity index (χ0) is 14.5. The maximum Gasteiger partial charge on any atom is 0.225 e. The Balaban J connectivity index is 2.63. The van der Waals surface area contributed by atoms with Gasteiger partial charge in [-0.05, 0) is 23.5 Å². The normalized spacial score (nSPS) is 11.7. The highest BCUT2D eigenvalue weighted by Crippen LogP contribution is 2.25. The second-order valence-electron chi connectivity index (χ2n) is 6.09. The van der Waals surface area contributed by atoms with E-state index in [9.17, 15) is 9.90 Å². The summed E-state index contributed by atoms with van der Waals surface area (Å²) in [7, 11) is 0. The number of aliphatic hydroxyl groups is 1. The van der Waals surface area contributed by atoms with Gasteiger partial charge in [0.25, 0.3) is 0 Å². The highest BCUT2D eigenvalue weighted by molar-refractivity contribution is 5.81. The van der Waals surface area contributed by atoms with E-state index in [0.29, 0.717) is 12.5 Å². The molecule has 0 aliphatic rings. The first kappa shape index (κ1) is 15.7. The Morgan fingerprint density at radius 1 is 1.26 bits per heavy atom. The molecule has 0 radical (unpaired) electrons. The molecule has 0 saturated carbocycles. The first-order chi connectivity index (χ1) is 8.86. The maximum atomic E-state index is 12.2. The number of aliphatic hydroxyl groups excluding tert-OH is 1. The van der Waals surface area contributed by atoms with Gasteiger partial charge in [0.15, 0.2) is 0 Å². The van der Waals surface area contributed by atoms with Crippen molar-refractivity contribution < 1.29 is 9.90 Å². The van der Waals surface area contributed by atoms with Crippen LogP contribution in [-0.2, 0) is 17.9 Å². The number of carbonyl (C=O) groups excluding carboxylic acids is 1. The minimum absolute atomic E-state index is 0.00142. The van der Waals surface area contributed by atoms with Crippen LogP contribution < -0.4 is 5.32 Å². The highest BCUT2D eigenvalue weighted by atomic mass is 16.3. The van der Waals surface area contributed by atoms with Gasteiger partial charge in [0.1, 0.15) is 0 Å². The molecule has 0 saturated heterocycles. The first-order valence-corrected chi connectivity index (χ1v) is 6.82. The molecule has 0 bridgehead atoms. The van der Waals surface area contributed by atoms with Crippen LogP contribution in [0.15, 0.2) is 24.3 Å². The third kappa shape index (κ3) is 4.67. The molecule has 1 rings (SSSR count). The van der Waals surface area contributed by atoms with Crippen molar-refractivity contribution in [2.45, 2.75) is 47.3 Å². The summed E-state index contributed by atoms with van der Waals surface area (Å²) in [6.07, 6.45) is 0.862. The predicted octanol–water partition coefficient (Wildman–Crippen LogP) is 2.87. The highest BCUT2D eigenvalue weighted by Gasteiger charge is 2.28. The zero-order valence-corrected chi connectivity index (χ0v) is 12.4. The van der Waals surface area contributed by atoms with Crippen LogP contribution in [0.25, 0.3) is 0 Å². The molecule has 1 aromatic rings. The van der Waals surface area contributed by atoms with E-state index in [1.165, 1.54) is 0 Å². The fourth-order valence-corrected chi connectivity index (χ4v) is 2.41. The molecule has 3 heteroatoms. The molecule has 2 N–H and O–H groups in total. The van der Waals surface area contributed by atoms with Gasteiger partial charge in [-0.2, -0.15) is 0 Å². The molecule has 1 aromatic carbocycles. The fourth-order valence-electron chi connectivity index (χ4n) is 2.41. The van der Waals surface area contributed by atoms with E-state index < -0.39 is 0 Å². The molecule has 19 heavy (non-hydrogen) atoms. The Hall–Kier alpha value is -1.35. The van der Waals surface area contributed by atoms with Crippen molar-refractivity contribution in [3.8, 4) is 0 Å². The van der Waals surface area contributed by atoms with Crippen LogP contribution in [0, 0.1) is 11.3 Å². The van der Waals surface area contributed by atoms with Crippen LogP contribution >= 0.6 is 0 Å². The lowest BCUT2D eigenvalue weighted by atomic mass is 9.83. The summed E-state index contributed by atoms with van der Waals surface area (Å²) in [6, 6.07) is 7.61. The van der Waals surface area contributed by atoms with Crippen molar-refractivity contribution in [3.05, 3.63) is 35.4 Å². The average Bonchev–Trinajstić information content (AvgIpc) is 2.34. The van der Waals surface area contributed by atoms with Crippen LogP contribution in [0.5, 0.6) is 0 Å². The average molecular weight is 263 g/mol. The van der Waals surface area contributed by atoms with E-state index in [2.05, 4.69) is 19.2 Å². The molecular weight excluding hydrogens is 238 g/mol. The van der Waals surface area contributed by atoms with Crippen molar-refractivity contribution in [2.75, 3.05) is 0 Å². The number of nitrogens with one attached hydrogen (secondary N) is 1. The molecule has 0 aliphatic carbocycles. The standard InChI is InChI=1S/C16H25NO2/c1-12(2)9-16(3,4)15(19)17-10-13-7-5-6-8-14(13)11-18/h5-8,12,18H,9-11H2,1-4H3,(H,17,19). The van der Waals surface area contributed by atoms with Gasteiger partial charge >= 0.3 is 0 Å². The van der Waals surface area contributed by atoms with Crippen LogP contribution in [-0.4, -0.2) is 11.0 Å². The van der Waals surface area contributed by atoms with E-state index in [1.54, 1.807) is 0 Å². The lowest BCUT2D eigenvalue weighted by Gasteiger charge is -2.25. The lowest BCUT2D eigenvalue weighted by molar-refractivity contribution is -0.130. The quantitative estimate of drug-likeness (QED) is 0.829. The summed E-state index contributed by atoms with van der Waals surface area (Å²) >= 11 is 0. The van der Waals surface area contributed by atoms with Crippen molar-refractivity contribution >= 4 is 5.91 Å². The SMILES string of the molecule is CC(C)CC(C)(C)C(=O)NCc1ccccc1CO. The van der Waals surface area contributed by atoms with Crippen molar-refractivity contribution in [2.24, 2.45) is 11.3 Å². The molecule has 106 valence electrons. The smallest absolute Gasteiger partial charge is 0.225 e. The Kier molecular flexibility index (Phi) is 5.55. The summed E-state index contributed by atoms with van der Waals surface area (Å²) in [5.41, 5.74) is 1.48. The Morgan fingerprint density at radius 3 is 2.37 bits per heavy atom. The van der Waals surface area contributed by atoms with Gasteiger partial charge in [0.05, 0.1) is 6.61 Å². The third-order valence-corrected chi connectivity index (χ3v) is 3.26. The Labute approximate surface area is 116 Å². The number of hydrogen-bond acceptors (Lipinski definition) is 2. The summed E-state index contributed by atoms with van der Waals surface area (Å²) in [4.78, 5) is 12.2. The van der Waals surface area contributed by atoms with E-state index >= 15 is 0 Å². The van der Waals surface area contributed by atoms with Crippen LogP contribution in [0.2, 0.25) is 0 Å². The Bertz CT molecular complexity index is 425. The molecule has 0 fully saturated rings. The maximum absolute atomic E-state index is 12.2. The van der Waals surface area contributed by atoms with Gasteiger partial charge in [-0.15, -0.1) is 0 Å². The fraction of sp³-hybridized carbons (Fsp3) is 0.562. The van der Waals surface area contributed by atoms with E-state index in [-0.39, 0.29) is 17.9 Å². The second kappa shape index (κ2) is 6.71. The summed E-state index contributed by atoms with van der Waals surface area (Å²) < 4.78 is 0. The predicted molar refractivity (Wildman–Crippen MR) is 77.4 cm³/mol. The lowest BCUT2D eigenvalue weighted by Crippen LogP contribution is -2.37. The number of amides is 1. The molecule has 0 atom stereocenters. The molecule has 0 heterocycles. The number of carbonyl (C=O) groups is 1. The minimum Gasteiger partial charge on any atom is -0.392 e. The van der Waals surface area contributed by atoms with Crippen LogP contribution in [0.3, 0.4) is 0 Å². The van der Waals surface area contributed by atoms with Crippen molar-refractivity contribution in [1.29, 1.82) is 0 Å². The summed E-state index contributed by atoms with van der Waals surface area (Å²) in [5.74, 6) is 0.555. The van der Waals surface area contributed by atoms with Gasteiger partial charge < -0.3 is 10.4 Å². The number of benzene rings is 1. The Morgan fingerprint density at radius 2 is 1.84 bits per heavy atom. The zero-order valence-electron chi connectivity index (χ0n) is 12.4. The molecule has 0 aliphatic heterocycles. The van der Waals surface area contributed by atoms with Gasteiger partial charge in [0, 0.05) is 12.0 Å². The summed E-state index contributed by atoms with van der Waals surface area (Å²) in [6.45, 7) is 8.66. The van der Waals surface area contributed by atoms with Crippen LogP contribution in [0.4, 0.5) is 0 Å². The number of rotatable bonds is 6. The van der Waals surface area contributed by atoms with Crippen molar-refractivity contribution in [3.63, 3.8) is 0 Å². The molecule has 1 amide bonds. The molecule has 0 unspecified atom stereocenters.